The van der Waals surface area contributed by atoms with Crippen molar-refractivity contribution in [3.05, 3.63) is 11.9 Å². The Morgan fingerprint density at radius 3 is 3.00 bits per heavy atom. The molecule has 2 fully saturated rings. The van der Waals surface area contributed by atoms with Gasteiger partial charge in [-0.2, -0.15) is 0 Å². The topological polar surface area (TPSA) is 39.1 Å². The van der Waals surface area contributed by atoms with Crippen LogP contribution >= 0.6 is 0 Å². The summed E-state index contributed by atoms with van der Waals surface area (Å²) < 4.78 is 8.02. The van der Waals surface area contributed by atoms with Crippen LogP contribution < -0.4 is 5.32 Å². The molecule has 0 radical (unpaired) electrons. The van der Waals surface area contributed by atoms with Crippen LogP contribution in [0.25, 0.3) is 0 Å². The van der Waals surface area contributed by atoms with E-state index >= 15 is 0 Å². The lowest BCUT2D eigenvalue weighted by Gasteiger charge is -2.23. The van der Waals surface area contributed by atoms with Crippen molar-refractivity contribution in [2.45, 2.75) is 57.7 Å². The van der Waals surface area contributed by atoms with Gasteiger partial charge in [-0.05, 0) is 39.0 Å². The van der Waals surface area contributed by atoms with E-state index in [0.29, 0.717) is 12.1 Å². The molecule has 1 aliphatic heterocycles. The molecule has 2 heterocycles. The van der Waals surface area contributed by atoms with E-state index in [1.54, 1.807) is 0 Å². The van der Waals surface area contributed by atoms with Gasteiger partial charge in [0.2, 0.25) is 5.95 Å². The summed E-state index contributed by atoms with van der Waals surface area (Å²) in [7, 11) is 0. The van der Waals surface area contributed by atoms with E-state index in [0.717, 1.165) is 24.8 Å². The zero-order valence-electron chi connectivity index (χ0n) is 10.5. The first-order chi connectivity index (χ1) is 8.31. The minimum Gasteiger partial charge on any atom is -0.376 e. The zero-order chi connectivity index (χ0) is 11.7. The second kappa shape index (κ2) is 4.69. The Morgan fingerprint density at radius 1 is 1.41 bits per heavy atom. The van der Waals surface area contributed by atoms with Gasteiger partial charge in [-0.3, -0.25) is 0 Å². The van der Waals surface area contributed by atoms with Crippen LogP contribution in [0.5, 0.6) is 0 Å². The molecule has 4 heteroatoms. The number of imidazole rings is 1. The molecule has 2 aliphatic rings. The number of rotatable bonds is 4. The highest BCUT2D eigenvalue weighted by atomic mass is 16.5. The number of anilines is 1. The Morgan fingerprint density at radius 2 is 2.29 bits per heavy atom. The average Bonchev–Trinajstić information content (AvgIpc) is 3.06. The highest BCUT2D eigenvalue weighted by molar-refractivity contribution is 5.32. The Kier molecular flexibility index (Phi) is 3.05. The van der Waals surface area contributed by atoms with Crippen LogP contribution in [0.4, 0.5) is 5.95 Å². The van der Waals surface area contributed by atoms with Crippen LogP contribution in [0.2, 0.25) is 0 Å². The molecule has 1 aliphatic carbocycles. The SMILES string of the molecule is Cc1cn(CC2CCCCO2)c(NC2CC2)n1. The molecule has 0 aromatic carbocycles. The molecule has 1 unspecified atom stereocenters. The Labute approximate surface area is 102 Å². The van der Waals surface area contributed by atoms with Crippen LogP contribution in [-0.2, 0) is 11.3 Å². The first-order valence-electron chi connectivity index (χ1n) is 6.73. The quantitative estimate of drug-likeness (QED) is 0.870. The van der Waals surface area contributed by atoms with Crippen LogP contribution in [0, 0.1) is 6.92 Å². The number of nitrogens with one attached hydrogen (secondary N) is 1. The third kappa shape index (κ3) is 2.80. The van der Waals surface area contributed by atoms with Gasteiger partial charge >= 0.3 is 0 Å². The van der Waals surface area contributed by atoms with Crippen molar-refractivity contribution < 1.29 is 4.74 Å². The minimum absolute atomic E-state index is 0.372. The van der Waals surface area contributed by atoms with E-state index in [1.807, 2.05) is 0 Å². The fourth-order valence-electron chi connectivity index (χ4n) is 2.38. The minimum atomic E-state index is 0.372. The largest absolute Gasteiger partial charge is 0.376 e. The molecule has 17 heavy (non-hydrogen) atoms. The van der Waals surface area contributed by atoms with Crippen molar-refractivity contribution in [3.8, 4) is 0 Å². The maximum atomic E-state index is 5.79. The number of hydrogen-bond acceptors (Lipinski definition) is 3. The highest BCUT2D eigenvalue weighted by Crippen LogP contribution is 2.25. The van der Waals surface area contributed by atoms with Gasteiger partial charge in [0.1, 0.15) is 0 Å². The molecular formula is C13H21N3O. The van der Waals surface area contributed by atoms with E-state index in [4.69, 9.17) is 4.74 Å². The molecule has 0 amide bonds. The number of ether oxygens (including phenoxy) is 1. The molecule has 4 nitrogen and oxygen atoms in total. The molecule has 94 valence electrons. The Bertz CT molecular complexity index is 378. The highest BCUT2D eigenvalue weighted by Gasteiger charge is 2.24. The molecule has 1 saturated heterocycles. The Balaban J connectivity index is 1.67. The van der Waals surface area contributed by atoms with Crippen molar-refractivity contribution in [1.29, 1.82) is 0 Å². The maximum absolute atomic E-state index is 5.79. The summed E-state index contributed by atoms with van der Waals surface area (Å²) in [5.41, 5.74) is 1.09. The summed E-state index contributed by atoms with van der Waals surface area (Å²) in [6, 6.07) is 0.655. The third-order valence-corrected chi connectivity index (χ3v) is 3.48. The summed E-state index contributed by atoms with van der Waals surface area (Å²) in [6.07, 6.45) is 8.76. The average molecular weight is 235 g/mol. The monoisotopic (exact) mass is 235 g/mol. The molecule has 1 atom stereocenters. The summed E-state index contributed by atoms with van der Waals surface area (Å²) in [6.45, 7) is 3.91. The van der Waals surface area contributed by atoms with Gasteiger partial charge in [0.15, 0.2) is 0 Å². The predicted molar refractivity (Wildman–Crippen MR) is 67.2 cm³/mol. The predicted octanol–water partition coefficient (Wildman–Crippen LogP) is 2.33. The van der Waals surface area contributed by atoms with Gasteiger partial charge in [-0.15, -0.1) is 0 Å². The van der Waals surface area contributed by atoms with Crippen LogP contribution in [0.1, 0.15) is 37.8 Å². The van der Waals surface area contributed by atoms with Crippen LogP contribution in [-0.4, -0.2) is 28.3 Å². The first-order valence-corrected chi connectivity index (χ1v) is 6.73. The second-order valence-electron chi connectivity index (χ2n) is 5.27. The normalized spacial score (nSPS) is 24.9. The fourth-order valence-corrected chi connectivity index (χ4v) is 2.38. The molecule has 1 aromatic rings. The molecule has 3 rings (SSSR count). The van der Waals surface area contributed by atoms with Gasteiger partial charge in [0.25, 0.3) is 0 Å². The van der Waals surface area contributed by atoms with E-state index in [9.17, 15) is 0 Å². The number of nitrogens with zero attached hydrogens (tertiary/aromatic N) is 2. The number of hydrogen-bond donors (Lipinski definition) is 1. The molecule has 1 aromatic heterocycles. The second-order valence-corrected chi connectivity index (χ2v) is 5.27. The van der Waals surface area contributed by atoms with Crippen molar-refractivity contribution in [1.82, 2.24) is 9.55 Å². The third-order valence-electron chi connectivity index (χ3n) is 3.48. The molecule has 0 spiro atoms. The van der Waals surface area contributed by atoms with Gasteiger partial charge in [-0.25, -0.2) is 4.98 Å². The van der Waals surface area contributed by atoms with Crippen LogP contribution in [0.3, 0.4) is 0 Å². The first kappa shape index (κ1) is 11.1. The van der Waals surface area contributed by atoms with Crippen molar-refractivity contribution in [3.63, 3.8) is 0 Å². The van der Waals surface area contributed by atoms with Gasteiger partial charge < -0.3 is 14.6 Å². The Hall–Kier alpha value is -1.03. The molecule has 1 saturated carbocycles. The lowest BCUT2D eigenvalue weighted by Crippen LogP contribution is -2.25. The molecular weight excluding hydrogens is 214 g/mol. The van der Waals surface area contributed by atoms with Crippen molar-refractivity contribution in [2.24, 2.45) is 0 Å². The summed E-state index contributed by atoms with van der Waals surface area (Å²) in [4.78, 5) is 4.55. The van der Waals surface area contributed by atoms with Crippen molar-refractivity contribution in [2.75, 3.05) is 11.9 Å². The van der Waals surface area contributed by atoms with Gasteiger partial charge in [0.05, 0.1) is 18.3 Å². The number of aromatic nitrogens is 2. The summed E-state index contributed by atoms with van der Waals surface area (Å²) in [5.74, 6) is 1.03. The van der Waals surface area contributed by atoms with Gasteiger partial charge in [0, 0.05) is 18.8 Å². The lowest BCUT2D eigenvalue weighted by atomic mass is 10.1. The van der Waals surface area contributed by atoms with E-state index in [-0.39, 0.29) is 0 Å². The molecule has 0 bridgehead atoms. The van der Waals surface area contributed by atoms with Crippen LogP contribution in [0.15, 0.2) is 6.20 Å². The molecule has 1 N–H and O–H groups in total. The standard InChI is InChI=1S/C13H21N3O/c1-10-8-16(9-12-4-2-3-7-17-12)13(14-10)15-11-5-6-11/h8,11-12H,2-7,9H2,1H3,(H,14,15). The fraction of sp³-hybridized carbons (Fsp3) is 0.769. The smallest absolute Gasteiger partial charge is 0.203 e. The number of aryl methyl sites for hydroxylation is 1. The van der Waals surface area contributed by atoms with E-state index in [1.165, 1.54) is 32.1 Å². The zero-order valence-corrected chi connectivity index (χ0v) is 10.5. The maximum Gasteiger partial charge on any atom is 0.203 e. The van der Waals surface area contributed by atoms with Gasteiger partial charge in [-0.1, -0.05) is 0 Å². The van der Waals surface area contributed by atoms with Crippen molar-refractivity contribution >= 4 is 5.95 Å². The van der Waals surface area contributed by atoms with E-state index < -0.39 is 0 Å². The summed E-state index contributed by atoms with van der Waals surface area (Å²) in [5, 5.41) is 3.49. The lowest BCUT2D eigenvalue weighted by molar-refractivity contribution is 0.00628. The summed E-state index contributed by atoms with van der Waals surface area (Å²) >= 11 is 0. The van der Waals surface area contributed by atoms with E-state index in [2.05, 4.69) is 28.0 Å².